The van der Waals surface area contributed by atoms with Crippen LogP contribution in [0.1, 0.15) is 66.1 Å². The second-order valence-electron chi connectivity index (χ2n) is 15.7. The van der Waals surface area contributed by atoms with Crippen molar-refractivity contribution in [3.63, 3.8) is 0 Å². The van der Waals surface area contributed by atoms with Crippen molar-refractivity contribution in [1.29, 1.82) is 0 Å². The highest BCUT2D eigenvalue weighted by molar-refractivity contribution is 6.10. The predicted molar refractivity (Wildman–Crippen MR) is 243 cm³/mol. The fraction of sp³-hybridized carbons (Fsp3) is 0.170. The summed E-state index contributed by atoms with van der Waals surface area (Å²) in [5.41, 5.74) is 12.9. The Morgan fingerprint density at radius 3 is 2.05 bits per heavy atom. The van der Waals surface area contributed by atoms with E-state index in [1.165, 1.54) is 60.6 Å². The van der Waals surface area contributed by atoms with E-state index in [0.29, 0.717) is 0 Å². The van der Waals surface area contributed by atoms with E-state index in [0.717, 1.165) is 46.4 Å². The van der Waals surface area contributed by atoms with Crippen LogP contribution in [0, 0.1) is 0 Å². The van der Waals surface area contributed by atoms with Crippen molar-refractivity contribution in [2.75, 3.05) is 19.0 Å². The molecule has 58 heavy (non-hydrogen) atoms. The lowest BCUT2D eigenvalue weighted by molar-refractivity contribution is 0.258. The summed E-state index contributed by atoms with van der Waals surface area (Å²) in [6.07, 6.45) is 3.84. The van der Waals surface area contributed by atoms with Gasteiger partial charge >= 0.3 is 0 Å². The second-order valence-corrected chi connectivity index (χ2v) is 15.7. The standard InChI is InChI=1S/C53H47N5/c1-5-39-32-47(43-23-11-13-27-49(43)54-39)36-29-37(48-33-40(6-2)57(3)50-28-14-12-24-44(48)50)31-38(30-36)52-55-51(45-25-15-19-34-17-7-9-21-41(34)45)56-53(58(52)4)46-26-16-20-35-18-8-10-22-42(35)46/h7-33,40,51-52,55H,5-6H2,1-4H3. The first-order valence-corrected chi connectivity index (χ1v) is 20.6. The van der Waals surface area contributed by atoms with E-state index in [2.05, 4.69) is 207 Å². The number of likely N-dealkylation sites (N-methyl/N-ethyl adjacent to an activating group) is 1. The van der Waals surface area contributed by atoms with Crippen LogP contribution < -0.4 is 10.2 Å². The molecule has 3 unspecified atom stereocenters. The summed E-state index contributed by atoms with van der Waals surface area (Å²) in [5.74, 6) is 0.961. The maximum absolute atomic E-state index is 5.60. The summed E-state index contributed by atoms with van der Waals surface area (Å²) in [6, 6.07) is 57.7. The SMILES string of the molecule is CCc1cc(-c2cc(C3=CC(CC)N(C)c4ccccc43)cc(C3NC(c4cccc5ccccc45)N=C(c4cccc5ccccc45)N3C)c2)c2ccccc2n1. The van der Waals surface area contributed by atoms with Gasteiger partial charge in [-0.05, 0) is 104 Å². The van der Waals surface area contributed by atoms with Gasteiger partial charge in [-0.15, -0.1) is 0 Å². The Morgan fingerprint density at radius 2 is 1.24 bits per heavy atom. The van der Waals surface area contributed by atoms with Crippen LogP contribution in [0.15, 0.2) is 169 Å². The molecule has 0 amide bonds. The van der Waals surface area contributed by atoms with Crippen LogP contribution in [-0.2, 0) is 6.42 Å². The third-order valence-electron chi connectivity index (χ3n) is 12.3. The molecule has 284 valence electrons. The number of hydrogen-bond donors (Lipinski definition) is 1. The number of anilines is 1. The summed E-state index contributed by atoms with van der Waals surface area (Å²) in [6.45, 7) is 4.47. The molecule has 10 rings (SSSR count). The number of amidine groups is 1. The maximum atomic E-state index is 5.60. The van der Waals surface area contributed by atoms with Gasteiger partial charge in [-0.2, -0.15) is 0 Å². The van der Waals surface area contributed by atoms with Crippen LogP contribution in [0.3, 0.4) is 0 Å². The number of aliphatic imine (C=N–C) groups is 1. The van der Waals surface area contributed by atoms with Crippen molar-refractivity contribution in [3.05, 3.63) is 197 Å². The van der Waals surface area contributed by atoms with E-state index in [1.807, 2.05) is 0 Å². The first kappa shape index (κ1) is 35.8. The molecular formula is C53H47N5. The molecule has 0 aliphatic carbocycles. The molecule has 1 N–H and O–H groups in total. The molecule has 2 aliphatic rings. The lowest BCUT2D eigenvalue weighted by atomic mass is 9.86. The van der Waals surface area contributed by atoms with E-state index in [1.54, 1.807) is 0 Å². The van der Waals surface area contributed by atoms with Crippen molar-refractivity contribution in [1.82, 2.24) is 15.2 Å². The lowest BCUT2D eigenvalue weighted by Gasteiger charge is -2.40. The smallest absolute Gasteiger partial charge is 0.134 e. The minimum atomic E-state index is -0.297. The molecule has 0 saturated heterocycles. The van der Waals surface area contributed by atoms with Crippen molar-refractivity contribution >= 4 is 49.5 Å². The van der Waals surface area contributed by atoms with E-state index >= 15 is 0 Å². The third-order valence-corrected chi connectivity index (χ3v) is 12.3. The second kappa shape index (κ2) is 14.7. The Morgan fingerprint density at radius 1 is 0.586 bits per heavy atom. The zero-order chi connectivity index (χ0) is 39.3. The molecular weight excluding hydrogens is 707 g/mol. The fourth-order valence-corrected chi connectivity index (χ4v) is 9.28. The summed E-state index contributed by atoms with van der Waals surface area (Å²) in [4.78, 5) is 15.4. The molecule has 8 aromatic rings. The Balaban J connectivity index is 1.22. The van der Waals surface area contributed by atoms with Crippen LogP contribution in [0.4, 0.5) is 5.69 Å². The van der Waals surface area contributed by atoms with Gasteiger partial charge in [0.1, 0.15) is 18.2 Å². The number of pyridine rings is 1. The molecule has 0 bridgehead atoms. The highest BCUT2D eigenvalue weighted by atomic mass is 15.4. The van der Waals surface area contributed by atoms with Crippen molar-refractivity contribution < 1.29 is 0 Å². The highest BCUT2D eigenvalue weighted by Gasteiger charge is 2.33. The molecule has 0 saturated carbocycles. The van der Waals surface area contributed by atoms with Gasteiger partial charge in [-0.25, -0.2) is 4.99 Å². The zero-order valence-corrected chi connectivity index (χ0v) is 33.5. The van der Waals surface area contributed by atoms with Gasteiger partial charge in [0.2, 0.25) is 0 Å². The van der Waals surface area contributed by atoms with E-state index in [-0.39, 0.29) is 18.4 Å². The number of nitrogens with zero attached hydrogens (tertiary/aromatic N) is 4. The molecule has 0 spiro atoms. The Kier molecular flexibility index (Phi) is 9.11. The summed E-state index contributed by atoms with van der Waals surface area (Å²) < 4.78 is 0. The normalized spacial score (nSPS) is 18.0. The number of nitrogens with one attached hydrogen (secondary N) is 1. The number of hydrogen-bond acceptors (Lipinski definition) is 5. The van der Waals surface area contributed by atoms with Crippen LogP contribution in [0.5, 0.6) is 0 Å². The molecule has 3 atom stereocenters. The number of rotatable bonds is 7. The van der Waals surface area contributed by atoms with Gasteiger partial charge in [0, 0.05) is 48.0 Å². The minimum absolute atomic E-state index is 0.211. The van der Waals surface area contributed by atoms with Gasteiger partial charge in [0.05, 0.1) is 5.52 Å². The number of para-hydroxylation sites is 2. The molecule has 1 aromatic heterocycles. The largest absolute Gasteiger partial charge is 0.368 e. The minimum Gasteiger partial charge on any atom is -0.368 e. The average molecular weight is 754 g/mol. The topological polar surface area (TPSA) is 43.8 Å². The number of benzene rings is 7. The van der Waals surface area contributed by atoms with Gasteiger partial charge in [0.25, 0.3) is 0 Å². The van der Waals surface area contributed by atoms with E-state index < -0.39 is 0 Å². The van der Waals surface area contributed by atoms with E-state index in [4.69, 9.17) is 9.98 Å². The summed E-state index contributed by atoms with van der Waals surface area (Å²) in [7, 11) is 4.41. The maximum Gasteiger partial charge on any atom is 0.134 e. The van der Waals surface area contributed by atoms with Crippen LogP contribution in [-0.4, -0.2) is 35.9 Å². The molecule has 0 fully saturated rings. The van der Waals surface area contributed by atoms with Crippen molar-refractivity contribution in [2.45, 2.75) is 45.1 Å². The van der Waals surface area contributed by atoms with Crippen LogP contribution in [0.25, 0.3) is 49.1 Å². The average Bonchev–Trinajstić information content (AvgIpc) is 3.28. The third kappa shape index (κ3) is 6.14. The molecule has 0 radical (unpaired) electrons. The lowest BCUT2D eigenvalue weighted by Crippen LogP contribution is -2.46. The summed E-state index contributed by atoms with van der Waals surface area (Å²) >= 11 is 0. The van der Waals surface area contributed by atoms with Crippen molar-refractivity contribution in [2.24, 2.45) is 4.99 Å². The zero-order valence-electron chi connectivity index (χ0n) is 33.5. The molecule has 5 nitrogen and oxygen atoms in total. The first-order chi connectivity index (χ1) is 28.5. The van der Waals surface area contributed by atoms with Crippen LogP contribution >= 0.6 is 0 Å². The molecule has 5 heteroatoms. The number of aryl methyl sites for hydroxylation is 1. The van der Waals surface area contributed by atoms with Gasteiger partial charge in [0.15, 0.2) is 0 Å². The van der Waals surface area contributed by atoms with Gasteiger partial charge in [-0.1, -0.05) is 141 Å². The van der Waals surface area contributed by atoms with Crippen molar-refractivity contribution in [3.8, 4) is 11.1 Å². The Labute approximate surface area is 341 Å². The molecule has 3 heterocycles. The van der Waals surface area contributed by atoms with E-state index in [9.17, 15) is 0 Å². The predicted octanol–water partition coefficient (Wildman–Crippen LogP) is 12.1. The molecule has 7 aromatic carbocycles. The Hall–Kier alpha value is -6.56. The van der Waals surface area contributed by atoms with Crippen LogP contribution in [0.2, 0.25) is 0 Å². The van der Waals surface area contributed by atoms with Gasteiger partial charge < -0.3 is 9.80 Å². The van der Waals surface area contributed by atoms with Gasteiger partial charge in [-0.3, -0.25) is 10.3 Å². The fourth-order valence-electron chi connectivity index (χ4n) is 9.28. The monoisotopic (exact) mass is 753 g/mol. The quantitative estimate of drug-likeness (QED) is 0.176. The summed E-state index contributed by atoms with van der Waals surface area (Å²) in [5, 5.41) is 10.0. The first-order valence-electron chi connectivity index (χ1n) is 20.6. The Bertz CT molecular complexity index is 2910. The highest BCUT2D eigenvalue weighted by Crippen LogP contribution is 2.42. The molecule has 2 aliphatic heterocycles. The number of aromatic nitrogens is 1. The number of fused-ring (bicyclic) bond motifs is 4.